The van der Waals surface area contributed by atoms with Crippen molar-refractivity contribution in [1.29, 1.82) is 0 Å². The predicted molar refractivity (Wildman–Crippen MR) is 127 cm³/mol. The molecule has 1 amide bonds. The van der Waals surface area contributed by atoms with Gasteiger partial charge in [-0.25, -0.2) is 4.98 Å². The zero-order chi connectivity index (χ0) is 22.0. The summed E-state index contributed by atoms with van der Waals surface area (Å²) in [7, 11) is 1.64. The molecule has 0 bridgehead atoms. The molecule has 0 atom stereocenters. The first-order chi connectivity index (χ1) is 14.9. The number of anilines is 1. The molecule has 158 valence electrons. The number of thioether (sulfide) groups is 1. The van der Waals surface area contributed by atoms with Crippen LogP contribution in [-0.2, 0) is 4.79 Å². The van der Waals surface area contributed by atoms with E-state index >= 15 is 0 Å². The summed E-state index contributed by atoms with van der Waals surface area (Å²) in [6.07, 6.45) is 0. The average molecular weight is 451 g/mol. The molecule has 2 aromatic heterocycles. The number of ether oxygens (including phenoxy) is 1. The number of thiazole rings is 1. The number of amides is 1. The molecular weight excluding hydrogens is 428 g/mol. The molecule has 0 saturated heterocycles. The zero-order valence-electron chi connectivity index (χ0n) is 17.7. The number of aromatic nitrogens is 3. The van der Waals surface area contributed by atoms with Gasteiger partial charge in [0.2, 0.25) is 5.91 Å². The number of hydrogen-bond donors (Lipinski definition) is 1. The molecule has 2 aromatic carbocycles. The number of benzene rings is 2. The molecule has 0 unspecified atom stereocenters. The van der Waals surface area contributed by atoms with Gasteiger partial charge in [-0.3, -0.25) is 4.79 Å². The fourth-order valence-electron chi connectivity index (χ4n) is 3.17. The molecule has 0 fully saturated rings. The molecule has 0 aliphatic heterocycles. The van der Waals surface area contributed by atoms with Crippen LogP contribution in [0.5, 0.6) is 5.75 Å². The number of nitrogens with one attached hydrogen (secondary N) is 1. The summed E-state index contributed by atoms with van der Waals surface area (Å²) in [6.45, 7) is 5.94. The first-order valence-electron chi connectivity index (χ1n) is 9.72. The maximum Gasteiger partial charge on any atom is 0.234 e. The van der Waals surface area contributed by atoms with Crippen LogP contribution in [0.2, 0.25) is 0 Å². The van der Waals surface area contributed by atoms with E-state index in [0.717, 1.165) is 49.0 Å². The van der Waals surface area contributed by atoms with E-state index in [2.05, 4.69) is 20.5 Å². The lowest BCUT2D eigenvalue weighted by atomic mass is 10.1. The van der Waals surface area contributed by atoms with Crippen LogP contribution in [0.3, 0.4) is 0 Å². The van der Waals surface area contributed by atoms with Crippen molar-refractivity contribution in [3.8, 4) is 17.0 Å². The first kappa shape index (κ1) is 21.3. The second-order valence-corrected chi connectivity index (χ2v) is 9.32. The number of carbonyl (C=O) groups is 1. The molecular formula is C23H22N4O2S2. The van der Waals surface area contributed by atoms with Gasteiger partial charge in [-0.15, -0.1) is 21.5 Å². The Kier molecular flexibility index (Phi) is 6.20. The van der Waals surface area contributed by atoms with Gasteiger partial charge in [-0.2, -0.15) is 0 Å². The molecule has 0 aliphatic rings. The second kappa shape index (κ2) is 9.03. The number of methoxy groups -OCH3 is 1. The number of fused-ring (bicyclic) bond motifs is 1. The summed E-state index contributed by atoms with van der Waals surface area (Å²) in [4.78, 5) is 17.2. The van der Waals surface area contributed by atoms with Crippen molar-refractivity contribution < 1.29 is 9.53 Å². The third kappa shape index (κ3) is 4.70. The third-order valence-corrected chi connectivity index (χ3v) is 6.68. The van der Waals surface area contributed by atoms with Crippen molar-refractivity contribution in [2.24, 2.45) is 0 Å². The van der Waals surface area contributed by atoms with Crippen LogP contribution in [0, 0.1) is 20.8 Å². The fourth-order valence-corrected chi connectivity index (χ4v) is 4.88. The molecule has 0 radical (unpaired) electrons. The smallest absolute Gasteiger partial charge is 0.234 e. The predicted octanol–water partition coefficient (Wildman–Crippen LogP) is 5.42. The summed E-state index contributed by atoms with van der Waals surface area (Å²) >= 11 is 2.92. The van der Waals surface area contributed by atoms with Gasteiger partial charge in [0.1, 0.15) is 22.0 Å². The lowest BCUT2D eigenvalue weighted by Crippen LogP contribution is -2.15. The first-order valence-corrected chi connectivity index (χ1v) is 11.5. The van der Waals surface area contributed by atoms with Crippen molar-refractivity contribution in [2.45, 2.75) is 25.8 Å². The molecule has 8 heteroatoms. The largest absolute Gasteiger partial charge is 0.497 e. The summed E-state index contributed by atoms with van der Waals surface area (Å²) in [5.41, 5.74) is 5.43. The van der Waals surface area contributed by atoms with E-state index in [-0.39, 0.29) is 11.7 Å². The van der Waals surface area contributed by atoms with Gasteiger partial charge in [0.25, 0.3) is 0 Å². The van der Waals surface area contributed by atoms with E-state index in [1.54, 1.807) is 18.4 Å². The Morgan fingerprint density at radius 3 is 2.77 bits per heavy atom. The lowest BCUT2D eigenvalue weighted by Gasteiger charge is -2.09. The molecule has 1 N–H and O–H groups in total. The Morgan fingerprint density at radius 2 is 1.97 bits per heavy atom. The molecule has 6 nitrogen and oxygen atoms in total. The minimum absolute atomic E-state index is 0.0857. The Hall–Kier alpha value is -2.97. The van der Waals surface area contributed by atoms with E-state index in [1.807, 2.05) is 63.2 Å². The summed E-state index contributed by atoms with van der Waals surface area (Å²) in [5.74, 6) is 0.902. The van der Waals surface area contributed by atoms with Crippen molar-refractivity contribution >= 4 is 44.9 Å². The fraction of sp³-hybridized carbons (Fsp3) is 0.217. The van der Waals surface area contributed by atoms with Crippen LogP contribution < -0.4 is 10.1 Å². The van der Waals surface area contributed by atoms with Crippen LogP contribution in [0.4, 0.5) is 5.69 Å². The molecule has 4 aromatic rings. The quantitative estimate of drug-likeness (QED) is 0.395. The average Bonchev–Trinajstić information content (AvgIpc) is 3.16. The number of aryl methyl sites for hydroxylation is 3. The Morgan fingerprint density at radius 1 is 1.13 bits per heavy atom. The van der Waals surface area contributed by atoms with Gasteiger partial charge in [-0.1, -0.05) is 36.0 Å². The van der Waals surface area contributed by atoms with E-state index in [1.165, 1.54) is 11.8 Å². The minimum Gasteiger partial charge on any atom is -0.497 e. The maximum absolute atomic E-state index is 12.5. The summed E-state index contributed by atoms with van der Waals surface area (Å²) < 4.78 is 6.29. The van der Waals surface area contributed by atoms with Crippen LogP contribution in [0.15, 0.2) is 47.5 Å². The second-order valence-electron chi connectivity index (χ2n) is 7.15. The van der Waals surface area contributed by atoms with Gasteiger partial charge in [0.05, 0.1) is 22.6 Å². The standard InChI is InChI=1S/C23H22N4O2S2/c1-13-8-9-14(2)18(10-13)25-19(28)12-30-23-21-22(31-15(3)24-21)20(26-27-23)16-6-5-7-17(11-16)29-4/h5-11H,12H2,1-4H3,(H,25,28). The van der Waals surface area contributed by atoms with E-state index in [0.29, 0.717) is 5.03 Å². The molecule has 2 heterocycles. The van der Waals surface area contributed by atoms with Crippen LogP contribution in [0.1, 0.15) is 16.1 Å². The summed E-state index contributed by atoms with van der Waals surface area (Å²) in [5, 5.41) is 13.4. The van der Waals surface area contributed by atoms with Gasteiger partial charge < -0.3 is 10.1 Å². The van der Waals surface area contributed by atoms with Gasteiger partial charge in [0.15, 0.2) is 0 Å². The number of rotatable bonds is 6. The molecule has 4 rings (SSSR count). The number of nitrogens with zero attached hydrogens (tertiary/aromatic N) is 3. The minimum atomic E-state index is -0.0857. The highest BCUT2D eigenvalue weighted by Gasteiger charge is 2.17. The Labute approximate surface area is 189 Å². The molecule has 31 heavy (non-hydrogen) atoms. The third-order valence-electron chi connectivity index (χ3n) is 4.74. The van der Waals surface area contributed by atoms with Crippen LogP contribution in [-0.4, -0.2) is 34.0 Å². The van der Waals surface area contributed by atoms with E-state index in [4.69, 9.17) is 4.74 Å². The van der Waals surface area contributed by atoms with Crippen LogP contribution in [0.25, 0.3) is 21.5 Å². The highest BCUT2D eigenvalue weighted by atomic mass is 32.2. The van der Waals surface area contributed by atoms with Crippen molar-refractivity contribution in [3.05, 3.63) is 58.6 Å². The zero-order valence-corrected chi connectivity index (χ0v) is 19.4. The highest BCUT2D eigenvalue weighted by Crippen LogP contribution is 2.36. The van der Waals surface area contributed by atoms with Crippen LogP contribution >= 0.6 is 23.1 Å². The Balaban J connectivity index is 1.57. The number of carbonyl (C=O) groups excluding carboxylic acids is 1. The summed E-state index contributed by atoms with van der Waals surface area (Å²) in [6, 6.07) is 13.7. The Bertz CT molecular complexity index is 1270. The molecule has 0 spiro atoms. The SMILES string of the molecule is COc1cccc(-c2nnc(SCC(=O)Nc3cc(C)ccc3C)c3nc(C)sc23)c1. The topological polar surface area (TPSA) is 77.0 Å². The maximum atomic E-state index is 12.5. The molecule has 0 aliphatic carbocycles. The monoisotopic (exact) mass is 450 g/mol. The highest BCUT2D eigenvalue weighted by molar-refractivity contribution is 8.00. The van der Waals surface area contributed by atoms with Gasteiger partial charge >= 0.3 is 0 Å². The van der Waals surface area contributed by atoms with Gasteiger partial charge in [0, 0.05) is 11.3 Å². The number of hydrogen-bond acceptors (Lipinski definition) is 7. The van der Waals surface area contributed by atoms with Crippen molar-refractivity contribution in [1.82, 2.24) is 15.2 Å². The van der Waals surface area contributed by atoms with Crippen molar-refractivity contribution in [3.63, 3.8) is 0 Å². The molecule has 0 saturated carbocycles. The van der Waals surface area contributed by atoms with Crippen molar-refractivity contribution in [2.75, 3.05) is 18.2 Å². The lowest BCUT2D eigenvalue weighted by molar-refractivity contribution is -0.113. The normalized spacial score (nSPS) is 11.0. The van der Waals surface area contributed by atoms with E-state index in [9.17, 15) is 4.79 Å². The van der Waals surface area contributed by atoms with E-state index < -0.39 is 0 Å². The van der Waals surface area contributed by atoms with Gasteiger partial charge in [-0.05, 0) is 50.1 Å².